The van der Waals surface area contributed by atoms with Crippen molar-refractivity contribution in [1.29, 1.82) is 0 Å². The first-order valence-corrected chi connectivity index (χ1v) is 22.4. The van der Waals surface area contributed by atoms with Gasteiger partial charge >= 0.3 is 0 Å². The Bertz CT molecular complexity index is 2470. The van der Waals surface area contributed by atoms with Crippen molar-refractivity contribution in [1.82, 2.24) is 30.0 Å². The molecule has 15 heteroatoms. The van der Waals surface area contributed by atoms with E-state index in [4.69, 9.17) is 37.8 Å². The number of amides is 2. The predicted octanol–water partition coefficient (Wildman–Crippen LogP) is 7.18. The standard InChI is InChI=1S/C44H50Cl2N6O6S/c1-51(33-16-13-27(14-17-33)44(54)50-59(4,55)56)25-31-19-38(45)30(21-41(31)58-3)26-52-39-10-6-8-35(37(39)24-48-52)36-9-5-7-34(43(36)46)28-11-12-29(40(20-28)57-2)22-47-23-32-15-18-42(53)49-32/h5-12,19-21,24,27,32-33,47H,13-18,22-23,25-26H2,1-4H3,(H,49,53)(H,50,54)/t27-,32-,33-/m0/s1. The zero-order valence-electron chi connectivity index (χ0n) is 33.7. The van der Waals surface area contributed by atoms with Gasteiger partial charge in [-0.05, 0) is 80.1 Å². The predicted molar refractivity (Wildman–Crippen MR) is 232 cm³/mol. The fourth-order valence-electron chi connectivity index (χ4n) is 8.37. The van der Waals surface area contributed by atoms with Crippen LogP contribution in [0.25, 0.3) is 33.2 Å². The molecule has 1 atom stereocenters. The number of methoxy groups -OCH3 is 2. The largest absolute Gasteiger partial charge is 0.496 e. The van der Waals surface area contributed by atoms with Gasteiger partial charge in [0.25, 0.3) is 0 Å². The lowest BCUT2D eigenvalue weighted by Crippen LogP contribution is -2.40. The van der Waals surface area contributed by atoms with Gasteiger partial charge in [-0.3, -0.25) is 23.9 Å². The summed E-state index contributed by atoms with van der Waals surface area (Å²) in [5.41, 5.74) is 7.42. The molecule has 2 fully saturated rings. The highest BCUT2D eigenvalue weighted by Crippen LogP contribution is 2.41. The van der Waals surface area contributed by atoms with Crippen LogP contribution in [0.5, 0.6) is 11.5 Å². The minimum absolute atomic E-state index is 0.106. The Morgan fingerprint density at radius 2 is 1.63 bits per heavy atom. The summed E-state index contributed by atoms with van der Waals surface area (Å²) in [5.74, 6) is 0.851. The van der Waals surface area contributed by atoms with Crippen LogP contribution in [0.4, 0.5) is 0 Å². The van der Waals surface area contributed by atoms with Crippen LogP contribution in [-0.4, -0.2) is 81.1 Å². The van der Waals surface area contributed by atoms with Crippen molar-refractivity contribution in [3.05, 3.63) is 99.7 Å². The maximum atomic E-state index is 12.4. The molecule has 0 spiro atoms. The number of hydrogen-bond acceptors (Lipinski definition) is 9. The number of nitrogens with one attached hydrogen (secondary N) is 3. The van der Waals surface area contributed by atoms with Gasteiger partial charge in [0.2, 0.25) is 21.8 Å². The third-order valence-corrected chi connectivity index (χ3v) is 12.9. The first kappa shape index (κ1) is 42.5. The average molecular weight is 862 g/mol. The first-order chi connectivity index (χ1) is 28.3. The minimum Gasteiger partial charge on any atom is -0.496 e. The third kappa shape index (κ3) is 9.87. The summed E-state index contributed by atoms with van der Waals surface area (Å²) < 4.78 is 38.8. The van der Waals surface area contributed by atoms with Gasteiger partial charge in [-0.1, -0.05) is 65.7 Å². The molecular formula is C44H50Cl2N6O6S. The van der Waals surface area contributed by atoms with Crippen LogP contribution < -0.4 is 24.8 Å². The molecule has 4 aromatic carbocycles. The maximum Gasteiger partial charge on any atom is 0.236 e. The van der Waals surface area contributed by atoms with Crippen LogP contribution in [0.2, 0.25) is 10.0 Å². The van der Waals surface area contributed by atoms with Crippen molar-refractivity contribution >= 4 is 55.9 Å². The number of sulfonamides is 1. The molecular weight excluding hydrogens is 811 g/mol. The average Bonchev–Trinajstić information content (AvgIpc) is 3.83. The molecule has 2 amide bonds. The number of rotatable bonds is 15. The van der Waals surface area contributed by atoms with Gasteiger partial charge in [-0.25, -0.2) is 8.42 Å². The second-order valence-corrected chi connectivity index (χ2v) is 18.1. The van der Waals surface area contributed by atoms with Crippen LogP contribution >= 0.6 is 23.2 Å². The monoisotopic (exact) mass is 860 g/mol. The molecule has 1 aliphatic heterocycles. The smallest absolute Gasteiger partial charge is 0.236 e. The Labute approximate surface area is 355 Å². The topological polar surface area (TPSA) is 144 Å². The molecule has 2 heterocycles. The first-order valence-electron chi connectivity index (χ1n) is 19.8. The van der Waals surface area contributed by atoms with Gasteiger partial charge in [0.1, 0.15) is 11.5 Å². The second kappa shape index (κ2) is 18.3. The molecule has 1 saturated heterocycles. The number of aromatic nitrogens is 2. The molecule has 0 unspecified atom stereocenters. The minimum atomic E-state index is -3.58. The molecule has 312 valence electrons. The van der Waals surface area contributed by atoms with E-state index in [1.54, 1.807) is 14.2 Å². The summed E-state index contributed by atoms with van der Waals surface area (Å²) in [4.78, 5) is 26.2. The molecule has 1 saturated carbocycles. The second-order valence-electron chi connectivity index (χ2n) is 15.6. The Kier molecular flexibility index (Phi) is 13.2. The SMILES string of the molecule is COc1cc(-c2cccc(-c3cccc4c3cnn4Cc3cc(OC)c(CN(C)[C@H]4CC[C@H](C(=O)NS(C)(=O)=O)CC4)cc3Cl)c2Cl)ccc1CNC[C@@H]1CCC(=O)N1. The van der Waals surface area contributed by atoms with Crippen LogP contribution in [0.1, 0.15) is 55.2 Å². The number of ether oxygens (including phenoxy) is 2. The van der Waals surface area contributed by atoms with Gasteiger partial charge in [0.15, 0.2) is 0 Å². The van der Waals surface area contributed by atoms with E-state index in [2.05, 4.69) is 32.4 Å². The Morgan fingerprint density at radius 1 is 0.915 bits per heavy atom. The molecule has 1 aliphatic carbocycles. The van der Waals surface area contributed by atoms with Gasteiger partial charge in [0.05, 0.1) is 43.8 Å². The summed E-state index contributed by atoms with van der Waals surface area (Å²) in [6.07, 6.45) is 7.09. The van der Waals surface area contributed by atoms with Crippen molar-refractivity contribution in [3.8, 4) is 33.8 Å². The number of carbonyl (C=O) groups excluding carboxylic acids is 2. The number of carbonyl (C=O) groups is 2. The van der Waals surface area contributed by atoms with Crippen LogP contribution in [0.3, 0.4) is 0 Å². The summed E-state index contributed by atoms with van der Waals surface area (Å²) in [6, 6.07) is 22.6. The Balaban J connectivity index is 1.05. The highest BCUT2D eigenvalue weighted by Gasteiger charge is 2.30. The van der Waals surface area contributed by atoms with Crippen molar-refractivity contribution in [2.45, 2.75) is 70.2 Å². The molecule has 0 radical (unpaired) electrons. The zero-order chi connectivity index (χ0) is 41.8. The lowest BCUT2D eigenvalue weighted by atomic mass is 9.85. The summed E-state index contributed by atoms with van der Waals surface area (Å²) >= 11 is 14.2. The molecule has 59 heavy (non-hydrogen) atoms. The van der Waals surface area contributed by atoms with E-state index in [0.29, 0.717) is 55.5 Å². The van der Waals surface area contributed by atoms with E-state index in [0.717, 1.165) is 86.9 Å². The van der Waals surface area contributed by atoms with Gasteiger partial charge in [-0.15, -0.1) is 0 Å². The van der Waals surface area contributed by atoms with Gasteiger partial charge < -0.3 is 20.1 Å². The van der Waals surface area contributed by atoms with Crippen molar-refractivity contribution in [3.63, 3.8) is 0 Å². The fourth-order valence-corrected chi connectivity index (χ4v) is 9.49. The van der Waals surface area contributed by atoms with E-state index in [9.17, 15) is 18.0 Å². The highest BCUT2D eigenvalue weighted by molar-refractivity contribution is 7.89. The van der Waals surface area contributed by atoms with E-state index in [-0.39, 0.29) is 23.9 Å². The van der Waals surface area contributed by atoms with Crippen molar-refractivity contribution < 1.29 is 27.5 Å². The quantitative estimate of drug-likeness (QED) is 0.0998. The Hall–Kier alpha value is -4.66. The molecule has 7 rings (SSSR count). The fraction of sp³-hybridized carbons (Fsp3) is 0.386. The number of hydrogen-bond donors (Lipinski definition) is 3. The van der Waals surface area contributed by atoms with E-state index in [1.165, 1.54) is 0 Å². The number of fused-ring (bicyclic) bond motifs is 1. The van der Waals surface area contributed by atoms with E-state index < -0.39 is 15.9 Å². The number of nitrogens with zero attached hydrogens (tertiary/aromatic N) is 3. The highest BCUT2D eigenvalue weighted by atomic mass is 35.5. The maximum absolute atomic E-state index is 12.4. The third-order valence-electron chi connectivity index (χ3n) is 11.5. The van der Waals surface area contributed by atoms with E-state index in [1.807, 2.05) is 72.5 Å². The van der Waals surface area contributed by atoms with Crippen LogP contribution in [0, 0.1) is 5.92 Å². The summed E-state index contributed by atoms with van der Waals surface area (Å²) in [6.45, 7) is 2.32. The van der Waals surface area contributed by atoms with Crippen molar-refractivity contribution in [2.24, 2.45) is 5.92 Å². The zero-order valence-corrected chi connectivity index (χ0v) is 36.0. The molecule has 1 aromatic heterocycles. The Morgan fingerprint density at radius 3 is 2.34 bits per heavy atom. The number of halogens is 2. The molecule has 5 aromatic rings. The summed E-state index contributed by atoms with van der Waals surface area (Å²) in [5, 5.41) is 13.4. The van der Waals surface area contributed by atoms with Crippen LogP contribution in [-0.2, 0) is 39.2 Å². The van der Waals surface area contributed by atoms with Gasteiger partial charge in [0, 0.05) is 76.7 Å². The molecule has 0 bridgehead atoms. The molecule has 3 N–H and O–H groups in total. The summed E-state index contributed by atoms with van der Waals surface area (Å²) in [7, 11) is 1.79. The normalized spacial score (nSPS) is 18.3. The van der Waals surface area contributed by atoms with Gasteiger partial charge in [-0.2, -0.15) is 5.10 Å². The molecule has 2 aliphatic rings. The number of benzene rings is 4. The molecule has 12 nitrogen and oxygen atoms in total. The lowest BCUT2D eigenvalue weighted by molar-refractivity contribution is -0.124. The van der Waals surface area contributed by atoms with Crippen molar-refractivity contribution in [2.75, 3.05) is 34.1 Å². The lowest BCUT2D eigenvalue weighted by Gasteiger charge is -2.34. The van der Waals surface area contributed by atoms with E-state index >= 15 is 0 Å². The van der Waals surface area contributed by atoms with Crippen LogP contribution in [0.15, 0.2) is 72.9 Å².